The maximum atomic E-state index is 14.1. The van der Waals surface area contributed by atoms with Crippen LogP contribution < -0.4 is 10.1 Å². The van der Waals surface area contributed by atoms with E-state index in [4.69, 9.17) is 16.3 Å². The number of carbonyl (C=O) groups excluding carboxylic acids is 1. The summed E-state index contributed by atoms with van der Waals surface area (Å²) in [6.07, 6.45) is 2.48. The second-order valence-corrected chi connectivity index (χ2v) is 7.92. The number of pyridine rings is 1. The van der Waals surface area contributed by atoms with Crippen LogP contribution in [-0.4, -0.2) is 23.9 Å². The predicted molar refractivity (Wildman–Crippen MR) is 110 cm³/mol. The normalized spacial score (nSPS) is 22.0. The van der Waals surface area contributed by atoms with Crippen molar-refractivity contribution in [3.8, 4) is 5.88 Å². The van der Waals surface area contributed by atoms with Gasteiger partial charge in [0, 0.05) is 13.1 Å². The van der Waals surface area contributed by atoms with Crippen LogP contribution in [0.15, 0.2) is 24.3 Å². The molecule has 0 aliphatic heterocycles. The first-order valence-electron chi connectivity index (χ1n) is 9.56. The fraction of sp³-hybridized carbons (Fsp3) is 0.455. The minimum Gasteiger partial charge on any atom is -0.474 e. The van der Waals surface area contributed by atoms with Crippen molar-refractivity contribution in [3.63, 3.8) is 0 Å². The molecule has 0 radical (unpaired) electrons. The lowest BCUT2D eigenvalue weighted by atomic mass is 9.65. The van der Waals surface area contributed by atoms with Crippen LogP contribution in [0.3, 0.4) is 0 Å². The number of hydrogen-bond acceptors (Lipinski definition) is 4. The highest BCUT2D eigenvalue weighted by Crippen LogP contribution is 2.45. The average Bonchev–Trinajstić information content (AvgIpc) is 2.66. The van der Waals surface area contributed by atoms with Crippen molar-refractivity contribution in [2.24, 2.45) is 0 Å². The maximum Gasteiger partial charge on any atom is 0.213 e. The summed E-state index contributed by atoms with van der Waals surface area (Å²) < 4.78 is 20.2. The highest BCUT2D eigenvalue weighted by atomic mass is 35.5. The molecule has 6 heteroatoms. The predicted octanol–water partition coefficient (Wildman–Crippen LogP) is 5.38. The molecule has 1 saturated carbocycles. The van der Waals surface area contributed by atoms with Gasteiger partial charge in [-0.3, -0.25) is 4.79 Å². The molecule has 0 atom stereocenters. The third-order valence-electron chi connectivity index (χ3n) is 5.86. The van der Waals surface area contributed by atoms with Crippen molar-refractivity contribution in [1.29, 1.82) is 0 Å². The molecule has 2 aromatic rings. The van der Waals surface area contributed by atoms with Crippen molar-refractivity contribution in [2.45, 2.75) is 58.0 Å². The Kier molecular flexibility index (Phi) is 5.94. The smallest absolute Gasteiger partial charge is 0.213 e. The Morgan fingerprint density at radius 2 is 1.93 bits per heavy atom. The van der Waals surface area contributed by atoms with E-state index in [0.29, 0.717) is 37.1 Å². The van der Waals surface area contributed by atoms with E-state index in [1.54, 1.807) is 13.0 Å². The van der Waals surface area contributed by atoms with Crippen molar-refractivity contribution in [2.75, 3.05) is 12.4 Å². The lowest BCUT2D eigenvalue weighted by Gasteiger charge is -2.40. The highest BCUT2D eigenvalue weighted by Gasteiger charge is 2.44. The number of halogens is 2. The largest absolute Gasteiger partial charge is 0.474 e. The number of ether oxygens (including phenoxy) is 1. The lowest BCUT2D eigenvalue weighted by Crippen LogP contribution is -2.42. The Bertz CT molecular complexity index is 892. The van der Waals surface area contributed by atoms with Gasteiger partial charge in [0.1, 0.15) is 17.7 Å². The molecule has 1 aliphatic rings. The molecule has 4 nitrogen and oxygen atoms in total. The molecule has 1 heterocycles. The van der Waals surface area contributed by atoms with Crippen LogP contribution in [0.4, 0.5) is 10.1 Å². The van der Waals surface area contributed by atoms with E-state index < -0.39 is 11.2 Å². The molecule has 0 spiro atoms. The van der Waals surface area contributed by atoms with Gasteiger partial charge in [-0.25, -0.2) is 9.37 Å². The highest BCUT2D eigenvalue weighted by molar-refractivity contribution is 6.32. The number of hydrogen-bond donors (Lipinski definition) is 1. The van der Waals surface area contributed by atoms with Gasteiger partial charge >= 0.3 is 0 Å². The molecule has 0 amide bonds. The number of ketones is 1. The minimum absolute atomic E-state index is 0.0221. The standard InChI is InChI=1S/C22H26ClFN2O2/c1-13-5-6-17(24)21(23)20(13)22(15(3)27)11-9-16(10-12-22)28-19-8-7-18(25-4)14(2)26-19/h5-8,16,25H,9-12H2,1-4H3. The zero-order valence-electron chi connectivity index (χ0n) is 16.7. The molecule has 1 aliphatic carbocycles. The van der Waals surface area contributed by atoms with Crippen LogP contribution in [0.1, 0.15) is 49.4 Å². The SMILES string of the molecule is CNc1ccc(OC2CCC(C(C)=O)(c3c(C)ccc(F)c3Cl)CC2)nc1C. The molecule has 3 rings (SSSR count). The van der Waals surface area contributed by atoms with Crippen LogP contribution in [0.5, 0.6) is 5.88 Å². The Balaban J connectivity index is 1.81. The lowest BCUT2D eigenvalue weighted by molar-refractivity contribution is -0.124. The molecule has 28 heavy (non-hydrogen) atoms. The van der Waals surface area contributed by atoms with Gasteiger partial charge in [0.25, 0.3) is 0 Å². The first kappa shape index (κ1) is 20.6. The van der Waals surface area contributed by atoms with Gasteiger partial charge < -0.3 is 10.1 Å². The van der Waals surface area contributed by atoms with Crippen molar-refractivity contribution in [1.82, 2.24) is 4.98 Å². The summed E-state index contributed by atoms with van der Waals surface area (Å²) in [7, 11) is 1.85. The summed E-state index contributed by atoms with van der Waals surface area (Å²) >= 11 is 6.30. The third-order valence-corrected chi connectivity index (χ3v) is 6.23. The topological polar surface area (TPSA) is 51.2 Å². The van der Waals surface area contributed by atoms with Gasteiger partial charge in [-0.1, -0.05) is 17.7 Å². The van der Waals surface area contributed by atoms with E-state index in [2.05, 4.69) is 10.3 Å². The summed E-state index contributed by atoms with van der Waals surface area (Å²) in [5, 5.41) is 3.15. The van der Waals surface area contributed by atoms with Crippen LogP contribution >= 0.6 is 11.6 Å². The molecular formula is C22H26ClFN2O2. The first-order valence-corrected chi connectivity index (χ1v) is 9.94. The zero-order chi connectivity index (χ0) is 20.5. The number of nitrogens with one attached hydrogen (secondary N) is 1. The van der Waals surface area contributed by atoms with E-state index in [1.165, 1.54) is 6.07 Å². The average molecular weight is 405 g/mol. The number of Topliss-reactive ketones (excluding diaryl/α,β-unsaturated/α-hetero) is 1. The van der Waals surface area contributed by atoms with Gasteiger partial charge in [0.05, 0.1) is 21.8 Å². The maximum absolute atomic E-state index is 14.1. The number of aromatic nitrogens is 1. The molecule has 0 unspecified atom stereocenters. The molecule has 1 N–H and O–H groups in total. The van der Waals surface area contributed by atoms with Crippen molar-refractivity contribution in [3.05, 3.63) is 51.9 Å². The molecule has 0 bridgehead atoms. The minimum atomic E-state index is -0.761. The summed E-state index contributed by atoms with van der Waals surface area (Å²) in [6.45, 7) is 5.38. The molecule has 1 fully saturated rings. The number of rotatable bonds is 5. The Morgan fingerprint density at radius 1 is 1.25 bits per heavy atom. The van der Waals surface area contributed by atoms with Crippen molar-refractivity contribution >= 4 is 23.1 Å². The molecule has 150 valence electrons. The number of nitrogens with zero attached hydrogens (tertiary/aromatic N) is 1. The van der Waals surface area contributed by atoms with Crippen LogP contribution in [0, 0.1) is 19.7 Å². The van der Waals surface area contributed by atoms with Crippen LogP contribution in [0.2, 0.25) is 5.02 Å². The first-order chi connectivity index (χ1) is 13.3. The molecule has 1 aromatic carbocycles. The fourth-order valence-corrected chi connectivity index (χ4v) is 4.65. The number of aryl methyl sites for hydroxylation is 2. The third kappa shape index (κ3) is 3.72. The molecule has 1 aromatic heterocycles. The summed E-state index contributed by atoms with van der Waals surface area (Å²) in [4.78, 5) is 17.2. The summed E-state index contributed by atoms with van der Waals surface area (Å²) in [5.74, 6) is 0.122. The zero-order valence-corrected chi connectivity index (χ0v) is 17.5. The Hall–Kier alpha value is -2.14. The van der Waals surface area contributed by atoms with E-state index in [-0.39, 0.29) is 16.9 Å². The number of anilines is 1. The van der Waals surface area contributed by atoms with E-state index in [9.17, 15) is 9.18 Å². The second kappa shape index (κ2) is 8.08. The van der Waals surface area contributed by atoms with Crippen LogP contribution in [-0.2, 0) is 10.2 Å². The monoisotopic (exact) mass is 404 g/mol. The molecule has 0 saturated heterocycles. The van der Waals surface area contributed by atoms with Crippen molar-refractivity contribution < 1.29 is 13.9 Å². The van der Waals surface area contributed by atoms with Gasteiger partial charge in [-0.15, -0.1) is 0 Å². The fourth-order valence-electron chi connectivity index (χ4n) is 4.25. The van der Waals surface area contributed by atoms with Gasteiger partial charge in [0.15, 0.2) is 0 Å². The Labute approximate surface area is 170 Å². The van der Waals surface area contributed by atoms with E-state index in [0.717, 1.165) is 16.9 Å². The van der Waals surface area contributed by atoms with E-state index >= 15 is 0 Å². The van der Waals surface area contributed by atoms with Gasteiger partial charge in [-0.2, -0.15) is 0 Å². The number of carbonyl (C=O) groups is 1. The Morgan fingerprint density at radius 3 is 2.50 bits per heavy atom. The van der Waals surface area contributed by atoms with Gasteiger partial charge in [0.2, 0.25) is 5.88 Å². The summed E-state index contributed by atoms with van der Waals surface area (Å²) in [5.41, 5.74) is 2.55. The number of benzene rings is 1. The summed E-state index contributed by atoms with van der Waals surface area (Å²) in [6, 6.07) is 6.84. The van der Waals surface area contributed by atoms with Crippen LogP contribution in [0.25, 0.3) is 0 Å². The quantitative estimate of drug-likeness (QED) is 0.726. The van der Waals surface area contributed by atoms with Gasteiger partial charge in [-0.05, 0) is 69.7 Å². The second-order valence-electron chi connectivity index (χ2n) is 7.54. The van der Waals surface area contributed by atoms with E-state index in [1.807, 2.05) is 33.0 Å². The molecular weight excluding hydrogens is 379 g/mol.